The number of carbonyl (C=O) groups is 2. The van der Waals surface area contributed by atoms with Gasteiger partial charge in [0.25, 0.3) is 0 Å². The summed E-state index contributed by atoms with van der Waals surface area (Å²) in [5.74, 6) is -0.576. The number of amides is 2. The van der Waals surface area contributed by atoms with Gasteiger partial charge >= 0.3 is 0 Å². The molecule has 6 nitrogen and oxygen atoms in total. The fourth-order valence-corrected chi connectivity index (χ4v) is 2.85. The first-order valence-electron chi connectivity index (χ1n) is 6.49. The summed E-state index contributed by atoms with van der Waals surface area (Å²) in [6.07, 6.45) is 3.34. The number of carbonyl (C=O) groups excluding carboxylic acids is 2. The standard InChI is InChI=1S/C14H13BrN4O2/c15-11-3-1-2-4-12(11)19-8-9(5-13(19)20)14(21)18-10-6-16-17-7-10/h1-4,6-7,9H,5,8H2,(H,16,17)(H,18,21)/t9-/m1/s1. The van der Waals surface area contributed by atoms with Crippen LogP contribution in [-0.4, -0.2) is 28.6 Å². The Morgan fingerprint density at radius 3 is 2.95 bits per heavy atom. The van der Waals surface area contributed by atoms with Crippen molar-refractivity contribution in [3.8, 4) is 0 Å². The van der Waals surface area contributed by atoms with Crippen molar-refractivity contribution in [1.29, 1.82) is 0 Å². The maximum atomic E-state index is 12.2. The summed E-state index contributed by atoms with van der Waals surface area (Å²) in [4.78, 5) is 26.0. The monoisotopic (exact) mass is 348 g/mol. The number of halogens is 1. The number of nitrogens with one attached hydrogen (secondary N) is 2. The fraction of sp³-hybridized carbons (Fsp3) is 0.214. The topological polar surface area (TPSA) is 78.1 Å². The summed E-state index contributed by atoms with van der Waals surface area (Å²) in [5.41, 5.74) is 1.40. The average Bonchev–Trinajstić information content (AvgIpc) is 3.09. The number of aromatic amines is 1. The highest BCUT2D eigenvalue weighted by atomic mass is 79.9. The molecule has 0 spiro atoms. The second kappa shape index (κ2) is 5.69. The molecule has 0 saturated carbocycles. The molecule has 0 radical (unpaired) electrons. The van der Waals surface area contributed by atoms with E-state index in [0.717, 1.165) is 10.2 Å². The van der Waals surface area contributed by atoms with E-state index in [1.807, 2.05) is 24.3 Å². The van der Waals surface area contributed by atoms with Gasteiger partial charge in [0.2, 0.25) is 11.8 Å². The highest BCUT2D eigenvalue weighted by molar-refractivity contribution is 9.10. The van der Waals surface area contributed by atoms with Crippen LogP contribution in [-0.2, 0) is 9.59 Å². The van der Waals surface area contributed by atoms with E-state index in [-0.39, 0.29) is 24.2 Å². The zero-order valence-corrected chi connectivity index (χ0v) is 12.6. The summed E-state index contributed by atoms with van der Waals surface area (Å²) in [7, 11) is 0. The van der Waals surface area contributed by atoms with E-state index < -0.39 is 0 Å². The minimum Gasteiger partial charge on any atom is -0.323 e. The summed E-state index contributed by atoms with van der Waals surface area (Å²) in [5, 5.41) is 9.14. The van der Waals surface area contributed by atoms with Crippen molar-refractivity contribution in [2.75, 3.05) is 16.8 Å². The van der Waals surface area contributed by atoms with Gasteiger partial charge in [-0.3, -0.25) is 14.7 Å². The molecule has 0 unspecified atom stereocenters. The number of benzene rings is 1. The average molecular weight is 349 g/mol. The number of H-pyrrole nitrogens is 1. The number of nitrogens with zero attached hydrogens (tertiary/aromatic N) is 2. The minimum atomic E-state index is -0.362. The molecule has 2 heterocycles. The van der Waals surface area contributed by atoms with Gasteiger partial charge in [-0.15, -0.1) is 0 Å². The predicted molar refractivity (Wildman–Crippen MR) is 81.8 cm³/mol. The van der Waals surface area contributed by atoms with Crippen LogP contribution in [0.15, 0.2) is 41.1 Å². The quantitative estimate of drug-likeness (QED) is 0.892. The number of para-hydroxylation sites is 1. The molecular weight excluding hydrogens is 336 g/mol. The first kappa shape index (κ1) is 13.8. The van der Waals surface area contributed by atoms with Gasteiger partial charge in [-0.2, -0.15) is 5.10 Å². The van der Waals surface area contributed by atoms with Crippen LogP contribution in [0.25, 0.3) is 0 Å². The molecule has 3 rings (SSSR count). The predicted octanol–water partition coefficient (Wildman–Crippen LogP) is 2.16. The maximum absolute atomic E-state index is 12.2. The number of rotatable bonds is 3. The van der Waals surface area contributed by atoms with Crippen LogP contribution in [0.4, 0.5) is 11.4 Å². The first-order valence-corrected chi connectivity index (χ1v) is 7.29. The van der Waals surface area contributed by atoms with Crippen LogP contribution in [0.3, 0.4) is 0 Å². The van der Waals surface area contributed by atoms with E-state index in [1.54, 1.807) is 11.1 Å². The van der Waals surface area contributed by atoms with Crippen molar-refractivity contribution in [3.63, 3.8) is 0 Å². The van der Waals surface area contributed by atoms with E-state index in [9.17, 15) is 9.59 Å². The molecule has 1 aromatic heterocycles. The van der Waals surface area contributed by atoms with E-state index in [0.29, 0.717) is 12.2 Å². The van der Waals surface area contributed by atoms with Gasteiger partial charge in [0.05, 0.1) is 23.5 Å². The third kappa shape index (κ3) is 2.82. The van der Waals surface area contributed by atoms with Crippen LogP contribution in [0.5, 0.6) is 0 Å². The van der Waals surface area contributed by atoms with Crippen molar-refractivity contribution < 1.29 is 9.59 Å². The van der Waals surface area contributed by atoms with Gasteiger partial charge < -0.3 is 10.2 Å². The molecule has 1 aliphatic heterocycles. The van der Waals surface area contributed by atoms with Gasteiger partial charge in [0, 0.05) is 23.6 Å². The molecule has 1 aromatic carbocycles. The summed E-state index contributed by atoms with van der Waals surface area (Å²) in [6, 6.07) is 7.49. The van der Waals surface area contributed by atoms with Crippen molar-refractivity contribution >= 4 is 39.1 Å². The normalized spacial score (nSPS) is 18.0. The lowest BCUT2D eigenvalue weighted by molar-refractivity contribution is -0.122. The number of anilines is 2. The minimum absolute atomic E-state index is 0.0470. The molecule has 1 fully saturated rings. The van der Waals surface area contributed by atoms with Gasteiger partial charge in [-0.25, -0.2) is 0 Å². The molecule has 1 aliphatic rings. The Morgan fingerprint density at radius 2 is 2.24 bits per heavy atom. The van der Waals surface area contributed by atoms with Crippen LogP contribution < -0.4 is 10.2 Å². The number of hydrogen-bond donors (Lipinski definition) is 2. The Hall–Kier alpha value is -2.15. The van der Waals surface area contributed by atoms with Crippen molar-refractivity contribution in [2.24, 2.45) is 5.92 Å². The van der Waals surface area contributed by atoms with Crippen LogP contribution in [0.1, 0.15) is 6.42 Å². The lowest BCUT2D eigenvalue weighted by Crippen LogP contribution is -2.28. The Morgan fingerprint density at radius 1 is 1.43 bits per heavy atom. The molecule has 0 aliphatic carbocycles. The van der Waals surface area contributed by atoms with E-state index in [4.69, 9.17) is 0 Å². The number of aromatic nitrogens is 2. The molecule has 2 amide bonds. The summed E-state index contributed by atoms with van der Waals surface area (Å²) >= 11 is 3.43. The lowest BCUT2D eigenvalue weighted by Gasteiger charge is -2.18. The van der Waals surface area contributed by atoms with Gasteiger partial charge in [-0.1, -0.05) is 12.1 Å². The molecule has 1 atom stereocenters. The van der Waals surface area contributed by atoms with E-state index in [2.05, 4.69) is 31.4 Å². The van der Waals surface area contributed by atoms with Gasteiger partial charge in [0.15, 0.2) is 0 Å². The highest BCUT2D eigenvalue weighted by Crippen LogP contribution is 2.31. The highest BCUT2D eigenvalue weighted by Gasteiger charge is 2.35. The third-order valence-corrected chi connectivity index (χ3v) is 4.08. The third-order valence-electron chi connectivity index (χ3n) is 3.40. The molecule has 108 valence electrons. The second-order valence-corrected chi connectivity index (χ2v) is 5.69. The zero-order valence-electron chi connectivity index (χ0n) is 11.0. The molecule has 7 heteroatoms. The zero-order chi connectivity index (χ0) is 14.8. The van der Waals surface area contributed by atoms with E-state index >= 15 is 0 Å². The Labute approximate surface area is 129 Å². The Bertz CT molecular complexity index is 671. The lowest BCUT2D eigenvalue weighted by atomic mass is 10.1. The summed E-state index contributed by atoms with van der Waals surface area (Å²) in [6.45, 7) is 0.380. The van der Waals surface area contributed by atoms with Crippen LogP contribution in [0, 0.1) is 5.92 Å². The molecule has 1 saturated heterocycles. The Balaban J connectivity index is 1.73. The number of hydrogen-bond acceptors (Lipinski definition) is 3. The van der Waals surface area contributed by atoms with Crippen molar-refractivity contribution in [1.82, 2.24) is 10.2 Å². The smallest absolute Gasteiger partial charge is 0.229 e. The fourth-order valence-electron chi connectivity index (χ4n) is 2.35. The molecule has 2 aromatic rings. The van der Waals surface area contributed by atoms with E-state index in [1.165, 1.54) is 6.20 Å². The Kier molecular flexibility index (Phi) is 3.74. The summed E-state index contributed by atoms with van der Waals surface area (Å²) < 4.78 is 0.842. The molecular formula is C14H13BrN4O2. The maximum Gasteiger partial charge on any atom is 0.229 e. The molecule has 21 heavy (non-hydrogen) atoms. The van der Waals surface area contributed by atoms with Crippen molar-refractivity contribution in [2.45, 2.75) is 6.42 Å². The molecule has 2 N–H and O–H groups in total. The first-order chi connectivity index (χ1) is 10.1. The SMILES string of the molecule is O=C(Nc1cn[nH]c1)[C@@H]1CC(=O)N(c2ccccc2Br)C1. The van der Waals surface area contributed by atoms with Crippen LogP contribution >= 0.6 is 15.9 Å². The second-order valence-electron chi connectivity index (χ2n) is 4.83. The largest absolute Gasteiger partial charge is 0.323 e. The van der Waals surface area contributed by atoms with Crippen molar-refractivity contribution in [3.05, 3.63) is 41.1 Å². The van der Waals surface area contributed by atoms with Crippen LogP contribution in [0.2, 0.25) is 0 Å². The van der Waals surface area contributed by atoms with Gasteiger partial charge in [-0.05, 0) is 28.1 Å². The molecule has 0 bridgehead atoms. The van der Waals surface area contributed by atoms with Gasteiger partial charge in [0.1, 0.15) is 0 Å².